The Kier molecular flexibility index (Phi) is 3.88. The molecule has 1 aromatic heterocycles. The number of rotatable bonds is 2. The summed E-state index contributed by atoms with van der Waals surface area (Å²) in [6.45, 7) is 11.2. The number of hydrogen-bond donors (Lipinski definition) is 1. The lowest BCUT2D eigenvalue weighted by Crippen LogP contribution is -2.36. The first-order valence-corrected chi connectivity index (χ1v) is 9.85. The zero-order chi connectivity index (χ0) is 17.8. The molecule has 0 saturated carbocycles. The number of phenolic OH excluding ortho intramolecular Hbond substituents is 1. The molecule has 0 saturated heterocycles. The summed E-state index contributed by atoms with van der Waals surface area (Å²) >= 11 is 1.81. The van der Waals surface area contributed by atoms with E-state index in [9.17, 15) is 5.11 Å². The Hall–Kier alpha value is -1.87. The molecule has 0 unspecified atom stereocenters. The van der Waals surface area contributed by atoms with Crippen molar-refractivity contribution in [3.05, 3.63) is 53.1 Å². The SMILES string of the molecule is C=C(C)[C@@H]1CC=C2c3sc(-c4ccc(O)cc4)nc3C[C@@H](C)[C@]2(C)C1. The predicted molar refractivity (Wildman–Crippen MR) is 106 cm³/mol. The van der Waals surface area contributed by atoms with Crippen LogP contribution < -0.4 is 0 Å². The van der Waals surface area contributed by atoms with Gasteiger partial charge in [-0.3, -0.25) is 0 Å². The van der Waals surface area contributed by atoms with Crippen LogP contribution in [-0.4, -0.2) is 10.1 Å². The average molecular weight is 352 g/mol. The lowest BCUT2D eigenvalue weighted by molar-refractivity contribution is 0.217. The molecule has 0 amide bonds. The maximum atomic E-state index is 9.53. The van der Waals surface area contributed by atoms with Gasteiger partial charge in [0.1, 0.15) is 10.8 Å². The summed E-state index contributed by atoms with van der Waals surface area (Å²) in [4.78, 5) is 6.33. The van der Waals surface area contributed by atoms with Crippen LogP contribution in [-0.2, 0) is 6.42 Å². The van der Waals surface area contributed by atoms with Gasteiger partial charge in [-0.15, -0.1) is 11.3 Å². The largest absolute Gasteiger partial charge is 0.508 e. The first-order valence-electron chi connectivity index (χ1n) is 9.04. The Morgan fingerprint density at radius 1 is 1.32 bits per heavy atom. The molecule has 1 heterocycles. The Morgan fingerprint density at radius 3 is 2.72 bits per heavy atom. The van der Waals surface area contributed by atoms with Crippen molar-refractivity contribution >= 4 is 16.9 Å². The smallest absolute Gasteiger partial charge is 0.124 e. The molecule has 2 aromatic rings. The van der Waals surface area contributed by atoms with E-state index in [0.29, 0.717) is 17.6 Å². The summed E-state index contributed by atoms with van der Waals surface area (Å²) in [5.41, 5.74) is 5.36. The molecule has 3 heteroatoms. The van der Waals surface area contributed by atoms with Gasteiger partial charge in [-0.05, 0) is 73.3 Å². The van der Waals surface area contributed by atoms with Crippen LogP contribution in [0.15, 0.2) is 42.5 Å². The predicted octanol–water partition coefficient (Wildman–Crippen LogP) is 6.08. The Balaban J connectivity index is 1.78. The van der Waals surface area contributed by atoms with Crippen molar-refractivity contribution in [2.75, 3.05) is 0 Å². The highest BCUT2D eigenvalue weighted by atomic mass is 32.1. The van der Waals surface area contributed by atoms with Crippen molar-refractivity contribution in [2.45, 2.75) is 40.0 Å². The van der Waals surface area contributed by atoms with Crippen molar-refractivity contribution in [1.82, 2.24) is 4.98 Å². The second-order valence-electron chi connectivity index (χ2n) is 7.97. The fraction of sp³-hybridized carbons (Fsp3) is 0.409. The summed E-state index contributed by atoms with van der Waals surface area (Å²) in [7, 11) is 0. The lowest BCUT2D eigenvalue weighted by Gasteiger charge is -2.46. The number of aromatic hydroxyl groups is 1. The van der Waals surface area contributed by atoms with Gasteiger partial charge in [-0.25, -0.2) is 4.98 Å². The van der Waals surface area contributed by atoms with E-state index in [2.05, 4.69) is 33.4 Å². The monoisotopic (exact) mass is 351 g/mol. The van der Waals surface area contributed by atoms with Crippen molar-refractivity contribution in [2.24, 2.45) is 17.3 Å². The highest BCUT2D eigenvalue weighted by Crippen LogP contribution is 2.57. The molecular formula is C22H25NOS. The van der Waals surface area contributed by atoms with Gasteiger partial charge < -0.3 is 5.11 Å². The van der Waals surface area contributed by atoms with Crippen molar-refractivity contribution in [1.29, 1.82) is 0 Å². The molecule has 0 aliphatic heterocycles. The van der Waals surface area contributed by atoms with E-state index in [1.54, 1.807) is 23.5 Å². The van der Waals surface area contributed by atoms with E-state index >= 15 is 0 Å². The molecule has 25 heavy (non-hydrogen) atoms. The first-order chi connectivity index (χ1) is 11.9. The maximum Gasteiger partial charge on any atom is 0.124 e. The molecule has 2 aliphatic carbocycles. The first kappa shape index (κ1) is 16.6. The van der Waals surface area contributed by atoms with E-state index in [4.69, 9.17) is 4.98 Å². The molecular weight excluding hydrogens is 326 g/mol. The van der Waals surface area contributed by atoms with Crippen LogP contribution in [0, 0.1) is 17.3 Å². The summed E-state index contributed by atoms with van der Waals surface area (Å²) in [5, 5.41) is 10.6. The van der Waals surface area contributed by atoms with Gasteiger partial charge >= 0.3 is 0 Å². The van der Waals surface area contributed by atoms with E-state index in [-0.39, 0.29) is 5.41 Å². The van der Waals surface area contributed by atoms with Crippen LogP contribution in [0.3, 0.4) is 0 Å². The average Bonchev–Trinajstić information content (AvgIpc) is 2.99. The highest BCUT2D eigenvalue weighted by Gasteiger charge is 2.45. The van der Waals surface area contributed by atoms with E-state index in [1.807, 2.05) is 12.1 Å². The number of phenols is 1. The van der Waals surface area contributed by atoms with Crippen LogP contribution in [0.25, 0.3) is 16.1 Å². The van der Waals surface area contributed by atoms with Gasteiger partial charge in [0.2, 0.25) is 0 Å². The van der Waals surface area contributed by atoms with E-state index < -0.39 is 0 Å². The molecule has 0 spiro atoms. The molecule has 0 bridgehead atoms. The zero-order valence-electron chi connectivity index (χ0n) is 15.2. The van der Waals surface area contributed by atoms with Gasteiger partial charge in [-0.1, -0.05) is 32.1 Å². The Labute approximate surface area is 153 Å². The minimum atomic E-state index is 0.216. The minimum Gasteiger partial charge on any atom is -0.508 e. The molecule has 2 aliphatic rings. The fourth-order valence-corrected chi connectivity index (χ4v) is 5.61. The normalized spacial score (nSPS) is 28.0. The third kappa shape index (κ3) is 2.65. The number of allylic oxidation sites excluding steroid dienone is 3. The van der Waals surface area contributed by atoms with Gasteiger partial charge in [0.05, 0.1) is 10.6 Å². The Morgan fingerprint density at radius 2 is 2.04 bits per heavy atom. The number of hydrogen-bond acceptors (Lipinski definition) is 3. The number of benzene rings is 1. The number of fused-ring (bicyclic) bond motifs is 3. The molecule has 1 N–H and O–H groups in total. The fourth-order valence-electron chi connectivity index (χ4n) is 4.34. The summed E-state index contributed by atoms with van der Waals surface area (Å²) in [6.07, 6.45) is 5.79. The molecule has 130 valence electrons. The summed E-state index contributed by atoms with van der Waals surface area (Å²) in [5.74, 6) is 1.48. The van der Waals surface area contributed by atoms with Crippen LogP contribution in [0.2, 0.25) is 0 Å². The quantitative estimate of drug-likeness (QED) is 0.665. The second kappa shape index (κ2) is 5.84. The molecule has 1 aromatic carbocycles. The number of nitrogens with zero attached hydrogens (tertiary/aromatic N) is 1. The molecule has 4 rings (SSSR count). The highest BCUT2D eigenvalue weighted by molar-refractivity contribution is 7.16. The molecule has 0 radical (unpaired) electrons. The molecule has 0 fully saturated rings. The van der Waals surface area contributed by atoms with E-state index in [1.165, 1.54) is 28.1 Å². The topological polar surface area (TPSA) is 33.1 Å². The third-order valence-electron chi connectivity index (χ3n) is 6.23. The van der Waals surface area contributed by atoms with Crippen molar-refractivity contribution in [3.8, 4) is 16.3 Å². The van der Waals surface area contributed by atoms with Crippen LogP contribution in [0.5, 0.6) is 5.75 Å². The minimum absolute atomic E-state index is 0.216. The lowest BCUT2D eigenvalue weighted by atomic mass is 9.59. The van der Waals surface area contributed by atoms with Gasteiger partial charge in [0.25, 0.3) is 0 Å². The molecule has 3 atom stereocenters. The van der Waals surface area contributed by atoms with Gasteiger partial charge in [0.15, 0.2) is 0 Å². The Bertz CT molecular complexity index is 861. The molecule has 2 nitrogen and oxygen atoms in total. The van der Waals surface area contributed by atoms with E-state index in [0.717, 1.165) is 23.4 Å². The summed E-state index contributed by atoms with van der Waals surface area (Å²) < 4.78 is 0. The second-order valence-corrected chi connectivity index (χ2v) is 8.96. The number of aromatic nitrogens is 1. The van der Waals surface area contributed by atoms with Gasteiger partial charge in [0, 0.05) is 5.56 Å². The standard InChI is InChI=1S/C22H25NOS/c1-13(2)16-7-10-18-20-19(11-14(3)22(18,4)12-16)23-21(25-20)15-5-8-17(24)9-6-15/h5-6,8-10,14,16,24H,1,7,11-12H2,2-4H3/t14-,16-,22+/m1/s1. The van der Waals surface area contributed by atoms with Crippen LogP contribution >= 0.6 is 11.3 Å². The van der Waals surface area contributed by atoms with Crippen LogP contribution in [0.1, 0.15) is 44.2 Å². The van der Waals surface area contributed by atoms with Crippen LogP contribution in [0.4, 0.5) is 0 Å². The maximum absolute atomic E-state index is 9.53. The number of thiazole rings is 1. The van der Waals surface area contributed by atoms with Crippen molar-refractivity contribution < 1.29 is 5.11 Å². The zero-order valence-corrected chi connectivity index (χ0v) is 16.0. The third-order valence-corrected chi connectivity index (χ3v) is 7.41. The van der Waals surface area contributed by atoms with Gasteiger partial charge in [-0.2, -0.15) is 0 Å². The summed E-state index contributed by atoms with van der Waals surface area (Å²) in [6, 6.07) is 7.38. The van der Waals surface area contributed by atoms with Crippen molar-refractivity contribution in [3.63, 3.8) is 0 Å².